The molecule has 6 atom stereocenters. The Morgan fingerprint density at radius 1 is 1.31 bits per heavy atom. The van der Waals surface area contributed by atoms with Crippen molar-refractivity contribution >= 4 is 13.7 Å². The van der Waals surface area contributed by atoms with Gasteiger partial charge in [-0.1, -0.05) is 18.2 Å². The van der Waals surface area contributed by atoms with Crippen LogP contribution < -0.4 is 15.3 Å². The summed E-state index contributed by atoms with van der Waals surface area (Å²) in [6.45, 7) is 2.64. The third-order valence-corrected chi connectivity index (χ3v) is 7.63. The zero-order valence-corrected chi connectivity index (χ0v) is 20.4. The Morgan fingerprint density at radius 2 is 2.03 bits per heavy atom. The molecule has 13 heteroatoms. The van der Waals surface area contributed by atoms with E-state index in [0.717, 1.165) is 11.5 Å². The van der Waals surface area contributed by atoms with Crippen molar-refractivity contribution in [1.29, 1.82) is 0 Å². The summed E-state index contributed by atoms with van der Waals surface area (Å²) in [6, 6.07) is 8.92. The number of carbonyl (C=O) groups is 1. The number of ether oxygens (including phenoxy) is 1. The van der Waals surface area contributed by atoms with Crippen LogP contribution in [0, 0.1) is 6.92 Å². The molecule has 0 radical (unpaired) electrons. The summed E-state index contributed by atoms with van der Waals surface area (Å²) in [5.74, 6) is -0.0502. The minimum atomic E-state index is -4.17. The molecule has 2 aliphatic rings. The Hall–Kier alpha value is -2.63. The van der Waals surface area contributed by atoms with Gasteiger partial charge in [-0.2, -0.15) is 10.1 Å². The van der Waals surface area contributed by atoms with Gasteiger partial charge in [-0.25, -0.2) is 13.8 Å². The molecule has 2 aromatic rings. The van der Waals surface area contributed by atoms with Gasteiger partial charge in [-0.05, 0) is 38.5 Å². The lowest BCUT2D eigenvalue weighted by Gasteiger charge is -2.25. The van der Waals surface area contributed by atoms with Crippen molar-refractivity contribution in [2.24, 2.45) is 0 Å². The molecule has 190 valence electrons. The Morgan fingerprint density at radius 3 is 2.66 bits per heavy atom. The second-order valence-electron chi connectivity index (χ2n) is 8.81. The number of likely N-dealkylation sites (tertiary alicyclic amines) is 1. The van der Waals surface area contributed by atoms with Crippen LogP contribution in [-0.4, -0.2) is 69.6 Å². The fourth-order valence-corrected chi connectivity index (χ4v) is 5.59. The maximum absolute atomic E-state index is 15.5. The third-order valence-electron chi connectivity index (χ3n) is 6.06. The van der Waals surface area contributed by atoms with E-state index < -0.39 is 50.2 Å². The number of hydrogen-bond donors (Lipinski definition) is 2. The number of carbonyl (C=O) groups excluding carboxylic acids is 1. The van der Waals surface area contributed by atoms with Crippen LogP contribution in [0.3, 0.4) is 0 Å². The number of halogens is 1. The molecule has 2 fully saturated rings. The van der Waals surface area contributed by atoms with Crippen LogP contribution in [0.25, 0.3) is 0 Å². The topological polar surface area (TPSA) is 132 Å². The number of likely N-dealkylation sites (N-methyl/N-ethyl adjacent to an activating group) is 1. The van der Waals surface area contributed by atoms with Gasteiger partial charge in [-0.15, -0.1) is 0 Å². The van der Waals surface area contributed by atoms with Crippen molar-refractivity contribution < 1.29 is 32.6 Å². The lowest BCUT2D eigenvalue weighted by molar-refractivity contribution is -0.128. The molecule has 0 spiro atoms. The molecule has 2 N–H and O–H groups in total. The van der Waals surface area contributed by atoms with Gasteiger partial charge >= 0.3 is 13.4 Å². The third kappa shape index (κ3) is 5.31. The van der Waals surface area contributed by atoms with Crippen molar-refractivity contribution in [1.82, 2.24) is 19.5 Å². The zero-order chi connectivity index (χ0) is 25.4. The second kappa shape index (κ2) is 9.79. The van der Waals surface area contributed by atoms with E-state index in [1.54, 1.807) is 44.3 Å². The lowest BCUT2D eigenvalue weighted by Crippen LogP contribution is -2.43. The van der Waals surface area contributed by atoms with Crippen molar-refractivity contribution in [3.63, 3.8) is 0 Å². The van der Waals surface area contributed by atoms with Crippen LogP contribution in [0.5, 0.6) is 5.75 Å². The SMILES string of the molecule is Cc1ccn([C@@H]2O[C@H](COP(=O)(NC3CCN(C)C3=O)Oc3ccccc3)C(O)[C@@]2(C)F)c(=O)n1. The first-order chi connectivity index (χ1) is 16.5. The largest absolute Gasteiger partial charge is 0.459 e. The van der Waals surface area contributed by atoms with Gasteiger partial charge < -0.3 is 19.3 Å². The maximum atomic E-state index is 15.5. The quantitative estimate of drug-likeness (QED) is 0.508. The van der Waals surface area contributed by atoms with Gasteiger partial charge in [0.1, 0.15) is 18.0 Å². The van der Waals surface area contributed by atoms with Gasteiger partial charge in [0.25, 0.3) is 0 Å². The highest BCUT2D eigenvalue weighted by molar-refractivity contribution is 7.52. The van der Waals surface area contributed by atoms with Crippen LogP contribution in [-0.2, 0) is 18.6 Å². The lowest BCUT2D eigenvalue weighted by atomic mass is 9.98. The smallest absolute Gasteiger partial charge is 0.413 e. The molecular weight excluding hydrogens is 482 g/mol. The van der Waals surface area contributed by atoms with E-state index in [9.17, 15) is 19.3 Å². The number of amides is 1. The summed E-state index contributed by atoms with van der Waals surface area (Å²) in [5, 5.41) is 13.3. The number of hydrogen-bond acceptors (Lipinski definition) is 8. The molecule has 1 aromatic heterocycles. The Balaban J connectivity index is 1.53. The van der Waals surface area contributed by atoms with Crippen molar-refractivity contribution in [2.75, 3.05) is 20.2 Å². The standard InChI is InChI=1S/C22H28FN4O7P/c1-14-9-12-27(21(30)24-14)20-22(2,23)18(28)17(33-20)13-32-35(31,34-15-7-5-4-6-8-15)25-16-10-11-26(3)19(16)29/h4-9,12,16-18,20,28H,10-11,13H2,1-3H3,(H,25,31)/t16?,17-,18?,20-,22-,35?/m1/s1. The summed E-state index contributed by atoms with van der Waals surface area (Å²) < 4.78 is 46.9. The van der Waals surface area contributed by atoms with Crippen LogP contribution in [0.1, 0.15) is 25.3 Å². The Bertz CT molecular complexity index is 1180. The number of para-hydroxylation sites is 1. The number of alkyl halides is 1. The van der Waals surface area contributed by atoms with Crippen LogP contribution in [0.15, 0.2) is 47.4 Å². The average Bonchev–Trinajstić information content (AvgIpc) is 3.23. The number of rotatable bonds is 8. The number of aliphatic hydroxyl groups excluding tert-OH is 1. The van der Waals surface area contributed by atoms with E-state index in [2.05, 4.69) is 10.1 Å². The molecule has 11 nitrogen and oxygen atoms in total. The minimum absolute atomic E-state index is 0.223. The number of nitrogens with zero attached hydrogens (tertiary/aromatic N) is 3. The maximum Gasteiger partial charge on any atom is 0.459 e. The number of aryl methyl sites for hydroxylation is 1. The summed E-state index contributed by atoms with van der Waals surface area (Å²) in [5.41, 5.74) is -2.67. The molecule has 3 heterocycles. The molecule has 0 saturated carbocycles. The Kier molecular flexibility index (Phi) is 7.12. The van der Waals surface area contributed by atoms with Gasteiger partial charge in [0, 0.05) is 25.5 Å². The van der Waals surface area contributed by atoms with Crippen LogP contribution in [0.2, 0.25) is 0 Å². The van der Waals surface area contributed by atoms with Gasteiger partial charge in [0.2, 0.25) is 5.91 Å². The molecule has 2 saturated heterocycles. The molecule has 3 unspecified atom stereocenters. The number of nitrogens with one attached hydrogen (secondary N) is 1. The molecule has 1 aromatic carbocycles. The zero-order valence-electron chi connectivity index (χ0n) is 19.5. The van der Waals surface area contributed by atoms with E-state index in [-0.39, 0.29) is 11.7 Å². The summed E-state index contributed by atoms with van der Waals surface area (Å²) >= 11 is 0. The summed E-state index contributed by atoms with van der Waals surface area (Å²) in [7, 11) is -2.55. The molecule has 35 heavy (non-hydrogen) atoms. The fourth-order valence-electron chi connectivity index (χ4n) is 4.04. The average molecular weight is 510 g/mol. The van der Waals surface area contributed by atoms with Crippen LogP contribution >= 0.6 is 7.75 Å². The van der Waals surface area contributed by atoms with E-state index in [1.807, 2.05) is 0 Å². The molecule has 4 rings (SSSR count). The molecule has 2 aliphatic heterocycles. The molecule has 1 amide bonds. The Labute approximate surface area is 201 Å². The summed E-state index contributed by atoms with van der Waals surface area (Å²) in [6.07, 6.45) is -2.78. The highest BCUT2D eigenvalue weighted by Gasteiger charge is 2.56. The molecule has 0 aliphatic carbocycles. The predicted octanol–water partition coefficient (Wildman–Crippen LogP) is 1.56. The molecule has 0 bridgehead atoms. The first-order valence-corrected chi connectivity index (χ1v) is 12.6. The van der Waals surface area contributed by atoms with Crippen molar-refractivity contribution in [2.45, 2.75) is 50.4 Å². The second-order valence-corrected chi connectivity index (χ2v) is 10.5. The van der Waals surface area contributed by atoms with E-state index in [0.29, 0.717) is 18.7 Å². The first kappa shape index (κ1) is 25.5. The molecular formula is C22H28FN4O7P. The highest BCUT2D eigenvalue weighted by Crippen LogP contribution is 2.48. The van der Waals surface area contributed by atoms with Crippen LogP contribution in [0.4, 0.5) is 4.39 Å². The predicted molar refractivity (Wildman–Crippen MR) is 122 cm³/mol. The van der Waals surface area contributed by atoms with Gasteiger partial charge in [-0.3, -0.25) is 13.9 Å². The van der Waals surface area contributed by atoms with E-state index in [1.165, 1.54) is 17.2 Å². The van der Waals surface area contributed by atoms with E-state index >= 15 is 4.39 Å². The monoisotopic (exact) mass is 510 g/mol. The number of aliphatic hydroxyl groups is 1. The van der Waals surface area contributed by atoms with E-state index in [4.69, 9.17) is 13.8 Å². The minimum Gasteiger partial charge on any atom is -0.413 e. The van der Waals surface area contributed by atoms with Gasteiger partial charge in [0.15, 0.2) is 11.9 Å². The van der Waals surface area contributed by atoms with Crippen molar-refractivity contribution in [3.05, 3.63) is 58.8 Å². The fraction of sp³-hybridized carbons (Fsp3) is 0.500. The normalized spacial score (nSPS) is 30.4. The first-order valence-electron chi connectivity index (χ1n) is 11.1. The van der Waals surface area contributed by atoms with Crippen molar-refractivity contribution in [3.8, 4) is 5.75 Å². The highest BCUT2D eigenvalue weighted by atomic mass is 31.2. The number of aromatic nitrogens is 2. The van der Waals surface area contributed by atoms with Gasteiger partial charge in [0.05, 0.1) is 12.6 Å². The number of benzene rings is 1. The summed E-state index contributed by atoms with van der Waals surface area (Å²) in [4.78, 5) is 29.9.